The minimum absolute atomic E-state index is 0.636. The number of hydrogen-bond acceptors (Lipinski definition) is 1. The van der Waals surface area contributed by atoms with Gasteiger partial charge < -0.3 is 5.32 Å². The predicted octanol–water partition coefficient (Wildman–Crippen LogP) is 4.52. The number of benzene rings is 1. The molecule has 0 amide bonds. The van der Waals surface area contributed by atoms with Gasteiger partial charge in [-0.2, -0.15) is 0 Å². The van der Waals surface area contributed by atoms with Crippen molar-refractivity contribution in [3.05, 3.63) is 35.4 Å². The zero-order chi connectivity index (χ0) is 13.4. The van der Waals surface area contributed by atoms with Crippen LogP contribution >= 0.6 is 0 Å². The Balaban J connectivity index is 2.34. The second-order valence-electron chi connectivity index (χ2n) is 5.56. The Labute approximate surface area is 113 Å². The summed E-state index contributed by atoms with van der Waals surface area (Å²) < 4.78 is 0. The minimum atomic E-state index is 0.636. The van der Waals surface area contributed by atoms with Crippen LogP contribution in [0.15, 0.2) is 24.3 Å². The molecular formula is C17H29N. The van der Waals surface area contributed by atoms with E-state index in [9.17, 15) is 0 Å². The molecule has 1 nitrogen and oxygen atoms in total. The molecule has 0 heterocycles. The van der Waals surface area contributed by atoms with Gasteiger partial charge >= 0.3 is 0 Å². The molecule has 102 valence electrons. The molecule has 1 N–H and O–H groups in total. The first kappa shape index (κ1) is 15.2. The average molecular weight is 247 g/mol. The van der Waals surface area contributed by atoms with Crippen LogP contribution in [-0.2, 0) is 6.42 Å². The van der Waals surface area contributed by atoms with Crippen LogP contribution in [0.3, 0.4) is 0 Å². The third-order valence-electron chi connectivity index (χ3n) is 3.71. The van der Waals surface area contributed by atoms with Crippen LogP contribution in [-0.4, -0.2) is 13.1 Å². The average Bonchev–Trinajstić information content (AvgIpc) is 2.38. The van der Waals surface area contributed by atoms with Gasteiger partial charge in [0, 0.05) is 6.04 Å². The molecule has 0 spiro atoms. The predicted molar refractivity (Wildman–Crippen MR) is 81.2 cm³/mol. The van der Waals surface area contributed by atoms with Crippen LogP contribution in [0.4, 0.5) is 0 Å². The molecule has 1 atom stereocenters. The molecule has 0 saturated heterocycles. The number of aryl methyl sites for hydroxylation is 1. The molecular weight excluding hydrogens is 218 g/mol. The summed E-state index contributed by atoms with van der Waals surface area (Å²) in [6, 6.07) is 9.85. The van der Waals surface area contributed by atoms with E-state index in [4.69, 9.17) is 0 Å². The summed E-state index contributed by atoms with van der Waals surface area (Å²) in [7, 11) is 2.08. The molecule has 0 radical (unpaired) electrons. The third-order valence-corrected chi connectivity index (χ3v) is 3.71. The topological polar surface area (TPSA) is 12.0 Å². The van der Waals surface area contributed by atoms with Crippen molar-refractivity contribution in [1.29, 1.82) is 0 Å². The van der Waals surface area contributed by atoms with Crippen LogP contribution in [0.1, 0.15) is 63.5 Å². The van der Waals surface area contributed by atoms with Crippen LogP contribution in [0.25, 0.3) is 0 Å². The van der Waals surface area contributed by atoms with E-state index in [0.717, 1.165) is 0 Å². The maximum Gasteiger partial charge on any atom is 0.00640 e. The van der Waals surface area contributed by atoms with Gasteiger partial charge in [0.05, 0.1) is 0 Å². The van der Waals surface area contributed by atoms with Gasteiger partial charge in [0.15, 0.2) is 0 Å². The molecule has 1 rings (SSSR count). The fraction of sp³-hybridized carbons (Fsp3) is 0.647. The van der Waals surface area contributed by atoms with Gasteiger partial charge in [-0.3, -0.25) is 0 Å². The Hall–Kier alpha value is -0.820. The van der Waals surface area contributed by atoms with Crippen molar-refractivity contribution in [3.63, 3.8) is 0 Å². The number of hydrogen-bond donors (Lipinski definition) is 1. The van der Waals surface area contributed by atoms with E-state index in [1.165, 1.54) is 43.2 Å². The molecule has 1 aromatic carbocycles. The van der Waals surface area contributed by atoms with E-state index in [1.807, 2.05) is 0 Å². The highest BCUT2D eigenvalue weighted by Crippen LogP contribution is 2.16. The van der Waals surface area contributed by atoms with Crippen molar-refractivity contribution in [1.82, 2.24) is 5.32 Å². The van der Waals surface area contributed by atoms with Gasteiger partial charge in [-0.15, -0.1) is 0 Å². The van der Waals surface area contributed by atoms with Crippen molar-refractivity contribution < 1.29 is 0 Å². The Morgan fingerprint density at radius 1 is 1.06 bits per heavy atom. The summed E-state index contributed by atoms with van der Waals surface area (Å²) >= 11 is 0. The Morgan fingerprint density at radius 2 is 1.72 bits per heavy atom. The van der Waals surface area contributed by atoms with E-state index < -0.39 is 0 Å². The number of nitrogens with one attached hydrogen (secondary N) is 1. The Bertz CT molecular complexity index is 313. The maximum atomic E-state index is 3.41. The first-order valence-corrected chi connectivity index (χ1v) is 7.43. The molecule has 0 saturated carbocycles. The zero-order valence-corrected chi connectivity index (χ0v) is 12.5. The fourth-order valence-corrected chi connectivity index (χ4v) is 2.40. The summed E-state index contributed by atoms with van der Waals surface area (Å²) in [6.45, 7) is 6.75. The lowest BCUT2D eigenvalue weighted by Crippen LogP contribution is -2.24. The van der Waals surface area contributed by atoms with Crippen molar-refractivity contribution >= 4 is 0 Å². The third kappa shape index (κ3) is 5.22. The van der Waals surface area contributed by atoms with Gasteiger partial charge in [0.2, 0.25) is 0 Å². The lowest BCUT2D eigenvalue weighted by molar-refractivity contribution is 0.470. The minimum Gasteiger partial charge on any atom is -0.317 e. The van der Waals surface area contributed by atoms with Crippen molar-refractivity contribution in [2.24, 2.45) is 0 Å². The van der Waals surface area contributed by atoms with E-state index in [2.05, 4.69) is 57.4 Å². The van der Waals surface area contributed by atoms with Gasteiger partial charge in [-0.25, -0.2) is 0 Å². The lowest BCUT2D eigenvalue weighted by atomic mass is 9.98. The standard InChI is InChI=1S/C17H29N/c1-5-7-17(18-4)9-6-8-15-10-12-16(13-11-15)14(2)3/h10-14,17-18H,5-9H2,1-4H3. The monoisotopic (exact) mass is 247 g/mol. The van der Waals surface area contributed by atoms with E-state index in [0.29, 0.717) is 12.0 Å². The van der Waals surface area contributed by atoms with Gasteiger partial charge in [0.1, 0.15) is 0 Å². The van der Waals surface area contributed by atoms with E-state index >= 15 is 0 Å². The maximum absolute atomic E-state index is 3.41. The Morgan fingerprint density at radius 3 is 2.22 bits per heavy atom. The summed E-state index contributed by atoms with van der Waals surface area (Å²) in [5.41, 5.74) is 2.92. The first-order chi connectivity index (χ1) is 8.67. The highest BCUT2D eigenvalue weighted by Gasteiger charge is 2.04. The van der Waals surface area contributed by atoms with Crippen molar-refractivity contribution in [2.75, 3.05) is 7.05 Å². The highest BCUT2D eigenvalue weighted by atomic mass is 14.9. The van der Waals surface area contributed by atoms with E-state index in [1.54, 1.807) is 0 Å². The van der Waals surface area contributed by atoms with Crippen LogP contribution < -0.4 is 5.32 Å². The van der Waals surface area contributed by atoms with Crippen LogP contribution in [0.2, 0.25) is 0 Å². The van der Waals surface area contributed by atoms with Gasteiger partial charge in [-0.05, 0) is 49.8 Å². The molecule has 0 aliphatic heterocycles. The van der Waals surface area contributed by atoms with Crippen LogP contribution in [0.5, 0.6) is 0 Å². The highest BCUT2D eigenvalue weighted by molar-refractivity contribution is 5.24. The largest absolute Gasteiger partial charge is 0.317 e. The molecule has 0 fully saturated rings. The second-order valence-corrected chi connectivity index (χ2v) is 5.56. The van der Waals surface area contributed by atoms with Gasteiger partial charge in [0.25, 0.3) is 0 Å². The lowest BCUT2D eigenvalue weighted by Gasteiger charge is -2.15. The summed E-state index contributed by atoms with van der Waals surface area (Å²) in [4.78, 5) is 0. The molecule has 0 aliphatic carbocycles. The zero-order valence-electron chi connectivity index (χ0n) is 12.5. The quantitative estimate of drug-likeness (QED) is 0.712. The fourth-order valence-electron chi connectivity index (χ4n) is 2.40. The molecule has 1 unspecified atom stereocenters. The molecule has 1 heteroatoms. The summed E-state index contributed by atoms with van der Waals surface area (Å²) in [6.07, 6.45) is 6.35. The molecule has 0 aliphatic rings. The second kappa shape index (κ2) is 8.31. The molecule has 18 heavy (non-hydrogen) atoms. The SMILES string of the molecule is CCCC(CCCc1ccc(C(C)C)cc1)NC. The van der Waals surface area contributed by atoms with Crippen molar-refractivity contribution in [2.45, 2.75) is 64.8 Å². The normalized spacial score (nSPS) is 12.9. The molecule has 1 aromatic rings. The van der Waals surface area contributed by atoms with Gasteiger partial charge in [-0.1, -0.05) is 51.5 Å². The van der Waals surface area contributed by atoms with Crippen molar-refractivity contribution in [3.8, 4) is 0 Å². The molecule has 0 bridgehead atoms. The Kier molecular flexibility index (Phi) is 7.04. The van der Waals surface area contributed by atoms with E-state index in [-0.39, 0.29) is 0 Å². The summed E-state index contributed by atoms with van der Waals surface area (Å²) in [5, 5.41) is 3.41. The molecule has 0 aromatic heterocycles. The van der Waals surface area contributed by atoms with Crippen LogP contribution in [0, 0.1) is 0 Å². The number of rotatable bonds is 8. The smallest absolute Gasteiger partial charge is 0.00640 e. The summed E-state index contributed by atoms with van der Waals surface area (Å²) in [5.74, 6) is 0.636. The first-order valence-electron chi connectivity index (χ1n) is 7.43.